The fraction of sp³-hybridized carbons (Fsp3) is 0.136. The van der Waals surface area contributed by atoms with Crippen LogP contribution in [0.5, 0.6) is 0 Å². The molecule has 3 aromatic rings. The van der Waals surface area contributed by atoms with Gasteiger partial charge in [-0.15, -0.1) is 0 Å². The summed E-state index contributed by atoms with van der Waals surface area (Å²) in [5.41, 5.74) is 1.37. The molecule has 3 rings (SSSR count). The van der Waals surface area contributed by atoms with E-state index in [1.54, 1.807) is 54.6 Å². The largest absolute Gasteiger partial charge is 0.351 e. The van der Waals surface area contributed by atoms with Crippen LogP contribution in [-0.2, 0) is 27.9 Å². The van der Waals surface area contributed by atoms with Crippen molar-refractivity contribution < 1.29 is 13.2 Å². The molecule has 0 aromatic heterocycles. The molecular weight excluding hydrogens is 559 g/mol. The number of amides is 1. The Bertz CT molecular complexity index is 1200. The first-order chi connectivity index (χ1) is 15.1. The molecule has 0 unspecified atom stereocenters. The molecule has 0 aliphatic heterocycles. The third-order valence-electron chi connectivity index (χ3n) is 4.53. The normalized spacial score (nSPS) is 11.5. The summed E-state index contributed by atoms with van der Waals surface area (Å²) in [4.78, 5) is 12.8. The van der Waals surface area contributed by atoms with Gasteiger partial charge in [-0.05, 0) is 59.7 Å². The monoisotopic (exact) mass is 574 g/mol. The zero-order valence-corrected chi connectivity index (χ0v) is 21.2. The van der Waals surface area contributed by atoms with E-state index in [0.717, 1.165) is 8.78 Å². The van der Waals surface area contributed by atoms with Gasteiger partial charge in [0.1, 0.15) is 0 Å². The van der Waals surface area contributed by atoms with Crippen molar-refractivity contribution in [1.82, 2.24) is 9.62 Å². The Morgan fingerprint density at radius 2 is 1.53 bits per heavy atom. The predicted octanol–water partition coefficient (Wildman–Crippen LogP) is 5.92. The lowest BCUT2D eigenvalue weighted by atomic mass is 10.2. The van der Waals surface area contributed by atoms with Crippen LogP contribution in [0.25, 0.3) is 0 Å². The first kappa shape index (κ1) is 25.0. The maximum Gasteiger partial charge on any atom is 0.243 e. The number of benzene rings is 3. The van der Waals surface area contributed by atoms with Crippen LogP contribution in [0.15, 0.2) is 76.1 Å². The van der Waals surface area contributed by atoms with Crippen molar-refractivity contribution >= 4 is 66.7 Å². The molecule has 168 valence electrons. The summed E-state index contributed by atoms with van der Waals surface area (Å²) in [7, 11) is -3.94. The molecule has 0 spiro atoms. The third kappa shape index (κ3) is 6.70. The molecule has 3 aromatic carbocycles. The van der Waals surface area contributed by atoms with Crippen LogP contribution in [-0.4, -0.2) is 25.2 Å². The summed E-state index contributed by atoms with van der Waals surface area (Å²) in [6, 6.07) is 18.0. The second-order valence-corrected chi connectivity index (χ2v) is 11.0. The number of halogens is 4. The Kier molecular flexibility index (Phi) is 8.61. The van der Waals surface area contributed by atoms with Crippen LogP contribution < -0.4 is 5.32 Å². The lowest BCUT2D eigenvalue weighted by Crippen LogP contribution is -2.40. The molecule has 0 bridgehead atoms. The Labute approximate surface area is 210 Å². The van der Waals surface area contributed by atoms with Gasteiger partial charge in [-0.3, -0.25) is 4.79 Å². The average Bonchev–Trinajstić information content (AvgIpc) is 2.74. The Hall–Kier alpha value is -1.61. The topological polar surface area (TPSA) is 66.5 Å². The highest BCUT2D eigenvalue weighted by molar-refractivity contribution is 9.10. The summed E-state index contributed by atoms with van der Waals surface area (Å²) in [5.74, 6) is -0.467. The smallest absolute Gasteiger partial charge is 0.243 e. The van der Waals surface area contributed by atoms with Crippen molar-refractivity contribution in [3.8, 4) is 0 Å². The van der Waals surface area contributed by atoms with E-state index in [4.69, 9.17) is 34.8 Å². The van der Waals surface area contributed by atoms with Crippen molar-refractivity contribution in [2.24, 2.45) is 0 Å². The lowest BCUT2D eigenvalue weighted by molar-refractivity contribution is -0.121. The van der Waals surface area contributed by atoms with E-state index in [1.165, 1.54) is 12.1 Å². The van der Waals surface area contributed by atoms with E-state index >= 15 is 0 Å². The minimum absolute atomic E-state index is 0.00465. The van der Waals surface area contributed by atoms with Gasteiger partial charge in [-0.1, -0.05) is 68.9 Å². The van der Waals surface area contributed by atoms with Gasteiger partial charge in [0.2, 0.25) is 15.9 Å². The van der Waals surface area contributed by atoms with Gasteiger partial charge in [-0.25, -0.2) is 8.42 Å². The first-order valence-electron chi connectivity index (χ1n) is 9.36. The second-order valence-electron chi connectivity index (χ2n) is 6.87. The predicted molar refractivity (Wildman–Crippen MR) is 131 cm³/mol. The highest BCUT2D eigenvalue weighted by Crippen LogP contribution is 2.22. The van der Waals surface area contributed by atoms with Gasteiger partial charge in [-0.2, -0.15) is 4.31 Å². The van der Waals surface area contributed by atoms with Gasteiger partial charge in [0, 0.05) is 32.6 Å². The van der Waals surface area contributed by atoms with E-state index in [0.29, 0.717) is 26.2 Å². The van der Waals surface area contributed by atoms with Gasteiger partial charge in [0.25, 0.3) is 0 Å². The molecule has 0 saturated carbocycles. The Balaban J connectivity index is 1.80. The summed E-state index contributed by atoms with van der Waals surface area (Å²) < 4.78 is 28.4. The van der Waals surface area contributed by atoms with Gasteiger partial charge >= 0.3 is 0 Å². The number of nitrogens with one attached hydrogen (secondary N) is 1. The number of hydrogen-bond donors (Lipinski definition) is 1. The second kappa shape index (κ2) is 11.0. The Morgan fingerprint density at radius 1 is 0.906 bits per heavy atom. The van der Waals surface area contributed by atoms with E-state index in [-0.39, 0.29) is 24.5 Å². The van der Waals surface area contributed by atoms with Gasteiger partial charge < -0.3 is 5.32 Å². The van der Waals surface area contributed by atoms with Crippen LogP contribution in [0.1, 0.15) is 11.1 Å². The van der Waals surface area contributed by atoms with Crippen LogP contribution in [0.4, 0.5) is 0 Å². The van der Waals surface area contributed by atoms with Crippen LogP contribution >= 0.6 is 50.7 Å². The third-order valence-corrected chi connectivity index (χ3v) is 7.71. The minimum Gasteiger partial charge on any atom is -0.351 e. The standard InChI is InChI=1S/C22H18BrCl3N2O3S/c23-17-4-9-20(10-5-17)32(30,31)28(13-15-1-6-18(24)7-2-15)14-22(29)27-12-16-3-8-19(25)11-21(16)26/h1-11H,12-14H2,(H,27,29). The maximum absolute atomic E-state index is 13.3. The quantitative estimate of drug-likeness (QED) is 0.362. The molecule has 10 heteroatoms. The number of hydrogen-bond acceptors (Lipinski definition) is 3. The van der Waals surface area contributed by atoms with Gasteiger partial charge in [0.05, 0.1) is 11.4 Å². The fourth-order valence-corrected chi connectivity index (χ4v) is 5.10. The number of nitrogens with zero attached hydrogens (tertiary/aromatic N) is 1. The molecule has 0 heterocycles. The molecule has 0 atom stereocenters. The maximum atomic E-state index is 13.3. The van der Waals surface area contributed by atoms with Crippen molar-refractivity contribution in [1.29, 1.82) is 0 Å². The zero-order valence-electron chi connectivity index (χ0n) is 16.6. The molecule has 0 fully saturated rings. The highest BCUT2D eigenvalue weighted by Gasteiger charge is 2.27. The lowest BCUT2D eigenvalue weighted by Gasteiger charge is -2.22. The number of rotatable bonds is 8. The first-order valence-corrected chi connectivity index (χ1v) is 12.7. The molecule has 1 N–H and O–H groups in total. The van der Waals surface area contributed by atoms with Crippen LogP contribution in [0, 0.1) is 0 Å². The van der Waals surface area contributed by atoms with Gasteiger partial charge in [0.15, 0.2) is 0 Å². The Morgan fingerprint density at radius 3 is 2.16 bits per heavy atom. The molecule has 0 saturated heterocycles. The van der Waals surface area contributed by atoms with Crippen molar-refractivity contribution in [3.63, 3.8) is 0 Å². The molecule has 32 heavy (non-hydrogen) atoms. The molecule has 0 aliphatic carbocycles. The van der Waals surface area contributed by atoms with E-state index < -0.39 is 15.9 Å². The van der Waals surface area contributed by atoms with Crippen molar-refractivity contribution in [2.75, 3.05) is 6.54 Å². The minimum atomic E-state index is -3.94. The van der Waals surface area contributed by atoms with Crippen molar-refractivity contribution in [3.05, 3.63) is 97.4 Å². The SMILES string of the molecule is O=C(CN(Cc1ccc(Cl)cc1)S(=O)(=O)c1ccc(Br)cc1)NCc1ccc(Cl)cc1Cl. The number of sulfonamides is 1. The van der Waals surface area contributed by atoms with E-state index in [2.05, 4.69) is 21.2 Å². The summed E-state index contributed by atoms with van der Waals surface area (Å²) in [6.07, 6.45) is 0. The van der Waals surface area contributed by atoms with Crippen LogP contribution in [0.2, 0.25) is 15.1 Å². The van der Waals surface area contributed by atoms with E-state index in [9.17, 15) is 13.2 Å². The molecule has 0 radical (unpaired) electrons. The van der Waals surface area contributed by atoms with E-state index in [1.807, 2.05) is 0 Å². The van der Waals surface area contributed by atoms with Crippen molar-refractivity contribution in [2.45, 2.75) is 18.0 Å². The zero-order chi connectivity index (χ0) is 23.3. The summed E-state index contributed by atoms with van der Waals surface area (Å²) >= 11 is 21.3. The fourth-order valence-electron chi connectivity index (χ4n) is 2.85. The summed E-state index contributed by atoms with van der Waals surface area (Å²) in [6.45, 7) is -0.223. The molecule has 5 nitrogen and oxygen atoms in total. The number of carbonyl (C=O) groups excluding carboxylic acids is 1. The molecule has 1 amide bonds. The number of carbonyl (C=O) groups is 1. The highest BCUT2D eigenvalue weighted by atomic mass is 79.9. The summed E-state index contributed by atoms with van der Waals surface area (Å²) in [5, 5.41) is 4.15. The van der Waals surface area contributed by atoms with Crippen LogP contribution in [0.3, 0.4) is 0 Å². The molecular formula is C22H18BrCl3N2O3S. The average molecular weight is 577 g/mol. The molecule has 0 aliphatic rings.